The summed E-state index contributed by atoms with van der Waals surface area (Å²) in [5, 5.41) is 1.22. The van der Waals surface area contributed by atoms with Crippen LogP contribution in [0.25, 0.3) is 10.9 Å². The van der Waals surface area contributed by atoms with Crippen LogP contribution in [0.4, 0.5) is 4.79 Å². The maximum absolute atomic E-state index is 12.1. The van der Waals surface area contributed by atoms with Crippen molar-refractivity contribution in [3.63, 3.8) is 0 Å². The van der Waals surface area contributed by atoms with Crippen molar-refractivity contribution < 1.29 is 9.53 Å². The van der Waals surface area contributed by atoms with Crippen LogP contribution < -0.4 is 0 Å². The number of nitrogens with one attached hydrogen (secondary N) is 1. The number of ether oxygens (including phenoxy) is 1. The number of aromatic amines is 1. The number of H-pyrrole nitrogens is 1. The molecule has 2 aromatic rings. The minimum atomic E-state index is -0.139. The van der Waals surface area contributed by atoms with Gasteiger partial charge in [-0.1, -0.05) is 6.07 Å². The van der Waals surface area contributed by atoms with E-state index in [4.69, 9.17) is 4.74 Å². The molecule has 1 saturated carbocycles. The lowest BCUT2D eigenvalue weighted by Gasteiger charge is -2.44. The van der Waals surface area contributed by atoms with E-state index in [2.05, 4.69) is 48.2 Å². The van der Waals surface area contributed by atoms with Crippen molar-refractivity contribution in [2.75, 3.05) is 20.7 Å². The third-order valence-electron chi connectivity index (χ3n) is 5.30. The Bertz CT molecular complexity index is 718. The van der Waals surface area contributed by atoms with Crippen molar-refractivity contribution in [1.29, 1.82) is 0 Å². The first-order valence-corrected chi connectivity index (χ1v) is 8.29. The van der Waals surface area contributed by atoms with Crippen LogP contribution in [0.3, 0.4) is 0 Å². The number of hydrogen-bond acceptors (Lipinski definition) is 3. The van der Waals surface area contributed by atoms with Gasteiger partial charge in [0.15, 0.2) is 0 Å². The average molecular weight is 313 g/mol. The number of carbonyl (C=O) groups excluding carboxylic acids is 1. The maximum atomic E-state index is 12.1. The highest BCUT2D eigenvalue weighted by atomic mass is 16.6. The van der Waals surface area contributed by atoms with Gasteiger partial charge in [-0.2, -0.15) is 0 Å². The van der Waals surface area contributed by atoms with Gasteiger partial charge in [-0.3, -0.25) is 4.90 Å². The van der Waals surface area contributed by atoms with Crippen LogP contribution >= 0.6 is 0 Å². The van der Waals surface area contributed by atoms with Crippen molar-refractivity contribution in [2.24, 2.45) is 0 Å². The van der Waals surface area contributed by atoms with Gasteiger partial charge in [0.05, 0.1) is 6.04 Å². The Balaban J connectivity index is 1.48. The number of amides is 1. The lowest BCUT2D eigenvalue weighted by molar-refractivity contribution is 0.0615. The summed E-state index contributed by atoms with van der Waals surface area (Å²) < 4.78 is 5.34. The Labute approximate surface area is 136 Å². The largest absolute Gasteiger partial charge is 0.447 e. The summed E-state index contributed by atoms with van der Waals surface area (Å²) in [6.45, 7) is 0.507. The Hall–Kier alpha value is -2.01. The van der Waals surface area contributed by atoms with E-state index in [0.29, 0.717) is 18.7 Å². The Kier molecular flexibility index (Phi) is 3.53. The smallest absolute Gasteiger partial charge is 0.410 e. The lowest BCUT2D eigenvalue weighted by Crippen LogP contribution is -2.55. The van der Waals surface area contributed by atoms with Crippen LogP contribution in [0.15, 0.2) is 30.5 Å². The van der Waals surface area contributed by atoms with Gasteiger partial charge in [0.25, 0.3) is 0 Å². The van der Waals surface area contributed by atoms with Gasteiger partial charge in [-0.15, -0.1) is 0 Å². The minimum Gasteiger partial charge on any atom is -0.447 e. The molecular formula is C18H23N3O2. The van der Waals surface area contributed by atoms with E-state index in [1.54, 1.807) is 0 Å². The highest BCUT2D eigenvalue weighted by molar-refractivity contribution is 5.80. The summed E-state index contributed by atoms with van der Waals surface area (Å²) in [5.41, 5.74) is 2.41. The first kappa shape index (κ1) is 14.6. The minimum absolute atomic E-state index is 0.139. The SMILES string of the molecule is CN(C)[C@H]1C[C@H](N2C(=O)OCC2Cc2ccc3[nH]ccc3c2)C1. The van der Waals surface area contributed by atoms with Crippen LogP contribution in [0.5, 0.6) is 0 Å². The van der Waals surface area contributed by atoms with Crippen LogP contribution in [0, 0.1) is 0 Å². The van der Waals surface area contributed by atoms with Gasteiger partial charge < -0.3 is 14.6 Å². The zero-order valence-corrected chi connectivity index (χ0v) is 13.7. The van der Waals surface area contributed by atoms with Gasteiger partial charge in [0.1, 0.15) is 6.61 Å². The van der Waals surface area contributed by atoms with E-state index in [0.717, 1.165) is 24.8 Å². The zero-order chi connectivity index (χ0) is 16.0. The summed E-state index contributed by atoms with van der Waals surface area (Å²) in [6, 6.07) is 9.62. The fourth-order valence-corrected chi connectivity index (χ4v) is 3.79. The molecule has 1 aromatic heterocycles. The first-order valence-electron chi connectivity index (χ1n) is 8.29. The van der Waals surface area contributed by atoms with E-state index >= 15 is 0 Å². The van der Waals surface area contributed by atoms with Gasteiger partial charge in [0, 0.05) is 23.8 Å². The molecule has 23 heavy (non-hydrogen) atoms. The van der Waals surface area contributed by atoms with Gasteiger partial charge >= 0.3 is 6.09 Å². The Morgan fingerprint density at radius 3 is 2.91 bits per heavy atom. The molecule has 4 rings (SSSR count). The van der Waals surface area contributed by atoms with Crippen LogP contribution in [-0.2, 0) is 11.2 Å². The number of cyclic esters (lactones) is 1. The molecule has 122 valence electrons. The Morgan fingerprint density at radius 1 is 1.30 bits per heavy atom. The molecule has 2 fully saturated rings. The normalized spacial score (nSPS) is 27.5. The molecular weight excluding hydrogens is 290 g/mol. The van der Waals surface area contributed by atoms with E-state index < -0.39 is 0 Å². The molecule has 1 unspecified atom stereocenters. The topological polar surface area (TPSA) is 48.6 Å². The molecule has 5 heteroatoms. The van der Waals surface area contributed by atoms with Gasteiger partial charge in [-0.25, -0.2) is 4.79 Å². The lowest BCUT2D eigenvalue weighted by atomic mass is 9.84. The number of carbonyl (C=O) groups is 1. The van der Waals surface area contributed by atoms with Gasteiger partial charge in [0.2, 0.25) is 0 Å². The summed E-state index contributed by atoms with van der Waals surface area (Å²) in [5.74, 6) is 0. The summed E-state index contributed by atoms with van der Waals surface area (Å²) in [4.78, 5) is 19.6. The van der Waals surface area contributed by atoms with Crippen molar-refractivity contribution >= 4 is 17.0 Å². The van der Waals surface area contributed by atoms with Crippen molar-refractivity contribution in [1.82, 2.24) is 14.8 Å². The quantitative estimate of drug-likeness (QED) is 0.944. The van der Waals surface area contributed by atoms with Crippen molar-refractivity contribution in [2.45, 2.75) is 37.4 Å². The monoisotopic (exact) mass is 313 g/mol. The van der Waals surface area contributed by atoms with E-state index in [1.165, 1.54) is 10.9 Å². The van der Waals surface area contributed by atoms with Crippen LogP contribution in [-0.4, -0.2) is 59.7 Å². The third kappa shape index (κ3) is 2.59. The van der Waals surface area contributed by atoms with Crippen LogP contribution in [0.2, 0.25) is 0 Å². The molecule has 1 N–H and O–H groups in total. The molecule has 2 heterocycles. The second-order valence-electron chi connectivity index (χ2n) is 6.98. The number of rotatable bonds is 4. The summed E-state index contributed by atoms with van der Waals surface area (Å²) in [7, 11) is 4.21. The highest BCUT2D eigenvalue weighted by Crippen LogP contribution is 2.33. The average Bonchev–Trinajstić information content (AvgIpc) is 3.06. The predicted molar refractivity (Wildman–Crippen MR) is 89.5 cm³/mol. The van der Waals surface area contributed by atoms with E-state index in [9.17, 15) is 4.79 Å². The molecule has 1 aliphatic heterocycles. The number of nitrogens with zero attached hydrogens (tertiary/aromatic N) is 2. The molecule has 2 aliphatic rings. The second-order valence-corrected chi connectivity index (χ2v) is 6.98. The second kappa shape index (κ2) is 5.57. The molecule has 0 radical (unpaired) electrons. The summed E-state index contributed by atoms with van der Waals surface area (Å²) >= 11 is 0. The number of aromatic nitrogens is 1. The highest BCUT2D eigenvalue weighted by Gasteiger charge is 2.44. The number of fused-ring (bicyclic) bond motifs is 1. The number of hydrogen-bond donors (Lipinski definition) is 1. The Morgan fingerprint density at radius 2 is 2.13 bits per heavy atom. The van der Waals surface area contributed by atoms with Crippen molar-refractivity contribution in [3.05, 3.63) is 36.0 Å². The number of benzene rings is 1. The first-order chi connectivity index (χ1) is 11.1. The fraction of sp³-hybridized carbons (Fsp3) is 0.500. The fourth-order valence-electron chi connectivity index (χ4n) is 3.79. The third-order valence-corrected chi connectivity index (χ3v) is 5.30. The molecule has 1 aliphatic carbocycles. The summed E-state index contributed by atoms with van der Waals surface area (Å²) in [6.07, 6.45) is 4.78. The van der Waals surface area contributed by atoms with Crippen LogP contribution in [0.1, 0.15) is 18.4 Å². The maximum Gasteiger partial charge on any atom is 0.410 e. The predicted octanol–water partition coefficient (Wildman–Crippen LogP) is 2.62. The molecule has 0 spiro atoms. The van der Waals surface area contributed by atoms with Gasteiger partial charge in [-0.05, 0) is 62.5 Å². The molecule has 0 bridgehead atoms. The van der Waals surface area contributed by atoms with Crippen molar-refractivity contribution in [3.8, 4) is 0 Å². The van der Waals surface area contributed by atoms with E-state index in [-0.39, 0.29) is 12.1 Å². The molecule has 5 nitrogen and oxygen atoms in total. The molecule has 1 aromatic carbocycles. The molecule has 1 atom stereocenters. The van der Waals surface area contributed by atoms with E-state index in [1.807, 2.05) is 11.1 Å². The zero-order valence-electron chi connectivity index (χ0n) is 13.7. The molecule has 1 saturated heterocycles. The molecule has 1 amide bonds. The standard InChI is InChI=1S/C18H23N3O2/c1-20(2)14-9-15(10-14)21-16(11-23-18(21)22)8-12-3-4-17-13(7-12)5-6-19-17/h3-7,14-16,19H,8-11H2,1-2H3/t14-,15-,16?.